The number of hydrogen-bond acceptors (Lipinski definition) is 4. The summed E-state index contributed by atoms with van der Waals surface area (Å²) in [5.74, 6) is -0.996. The fraction of sp³-hybridized carbons (Fsp3) is 0.120. The van der Waals surface area contributed by atoms with Crippen molar-refractivity contribution in [1.29, 1.82) is 5.26 Å². The summed E-state index contributed by atoms with van der Waals surface area (Å²) >= 11 is -0.315. The number of nitriles is 1. The van der Waals surface area contributed by atoms with Gasteiger partial charge in [0.1, 0.15) is 17.3 Å². The van der Waals surface area contributed by atoms with E-state index < -0.39 is 17.2 Å². The molecule has 174 valence electrons. The van der Waals surface area contributed by atoms with Crippen molar-refractivity contribution < 1.29 is 27.1 Å². The minimum absolute atomic E-state index is 0.0198. The molecule has 3 rings (SSSR count). The van der Waals surface area contributed by atoms with Crippen molar-refractivity contribution in [3.63, 3.8) is 0 Å². The lowest BCUT2D eigenvalue weighted by molar-refractivity contribution is -0.116. The van der Waals surface area contributed by atoms with Gasteiger partial charge in [0.2, 0.25) is 5.91 Å². The molecule has 3 aromatic rings. The van der Waals surface area contributed by atoms with Crippen LogP contribution in [-0.4, -0.2) is 11.4 Å². The molecule has 9 heteroatoms. The number of carbonyl (C=O) groups is 1. The fourth-order valence-corrected chi connectivity index (χ4v) is 3.75. The zero-order chi connectivity index (χ0) is 24.7. The summed E-state index contributed by atoms with van der Waals surface area (Å²) in [6.45, 7) is 1.79. The molecule has 0 atom stereocenters. The van der Waals surface area contributed by atoms with E-state index in [9.17, 15) is 22.4 Å². The van der Waals surface area contributed by atoms with Crippen molar-refractivity contribution >= 4 is 23.7 Å². The van der Waals surface area contributed by atoms with Gasteiger partial charge in [0.25, 0.3) is 0 Å². The number of thioether (sulfide) groups is 1. The quantitative estimate of drug-likeness (QED) is 0.228. The van der Waals surface area contributed by atoms with Gasteiger partial charge in [-0.1, -0.05) is 30.3 Å². The second kappa shape index (κ2) is 10.9. The first-order chi connectivity index (χ1) is 16.1. The van der Waals surface area contributed by atoms with Crippen LogP contribution in [0, 0.1) is 24.1 Å². The number of carbonyl (C=O) groups excluding carboxylic acids is 1. The number of rotatable bonds is 7. The van der Waals surface area contributed by atoms with Crippen LogP contribution in [-0.2, 0) is 11.3 Å². The molecule has 0 radical (unpaired) electrons. The Kier molecular flexibility index (Phi) is 7.97. The molecule has 0 heterocycles. The molecule has 0 bridgehead atoms. The number of ether oxygens (including phenoxy) is 1. The number of amides is 1. The predicted molar refractivity (Wildman–Crippen MR) is 122 cm³/mol. The Morgan fingerprint density at radius 1 is 1.15 bits per heavy atom. The van der Waals surface area contributed by atoms with E-state index in [1.54, 1.807) is 0 Å². The van der Waals surface area contributed by atoms with Gasteiger partial charge in [0.05, 0.1) is 11.6 Å². The predicted octanol–water partition coefficient (Wildman–Crippen LogP) is 6.74. The molecular weight excluding hydrogens is 468 g/mol. The van der Waals surface area contributed by atoms with Crippen LogP contribution in [0.1, 0.15) is 22.3 Å². The van der Waals surface area contributed by atoms with E-state index in [1.807, 2.05) is 36.4 Å². The highest BCUT2D eigenvalue weighted by Gasteiger charge is 2.31. The third-order valence-electron chi connectivity index (χ3n) is 4.59. The number of alkyl halides is 3. The Balaban J connectivity index is 1.88. The Morgan fingerprint density at radius 3 is 2.56 bits per heavy atom. The Bertz CT molecular complexity index is 1250. The second-order valence-corrected chi connectivity index (χ2v) is 8.18. The number of nitrogens with zero attached hydrogens (tertiary/aromatic N) is 1. The zero-order valence-electron chi connectivity index (χ0n) is 17.8. The van der Waals surface area contributed by atoms with Gasteiger partial charge in [-0.2, -0.15) is 18.4 Å². The number of halogens is 4. The minimum atomic E-state index is -4.54. The first kappa shape index (κ1) is 24.9. The highest BCUT2D eigenvalue weighted by molar-refractivity contribution is 8.00. The molecule has 0 aromatic heterocycles. The topological polar surface area (TPSA) is 62.1 Å². The van der Waals surface area contributed by atoms with Gasteiger partial charge in [-0.05, 0) is 60.2 Å². The van der Waals surface area contributed by atoms with Crippen molar-refractivity contribution in [1.82, 2.24) is 5.32 Å². The summed E-state index contributed by atoms with van der Waals surface area (Å²) in [5.41, 5.74) is -3.20. The molecular formula is C25H18F4N2O2S. The van der Waals surface area contributed by atoms with Crippen molar-refractivity contribution in [3.05, 3.63) is 94.8 Å². The zero-order valence-corrected chi connectivity index (χ0v) is 18.6. The van der Waals surface area contributed by atoms with Gasteiger partial charge in [0.15, 0.2) is 0 Å². The van der Waals surface area contributed by atoms with Gasteiger partial charge in [-0.3, -0.25) is 4.79 Å². The molecule has 34 heavy (non-hydrogen) atoms. The summed E-state index contributed by atoms with van der Waals surface area (Å²) in [6, 6.07) is 16.9. The number of nitrogens with one attached hydrogen (secondary N) is 1. The van der Waals surface area contributed by atoms with Crippen LogP contribution < -0.4 is 10.1 Å². The molecule has 0 unspecified atom stereocenters. The van der Waals surface area contributed by atoms with Gasteiger partial charge >= 0.3 is 5.51 Å². The van der Waals surface area contributed by atoms with E-state index >= 15 is 0 Å². The van der Waals surface area contributed by atoms with Gasteiger partial charge < -0.3 is 10.1 Å². The average Bonchev–Trinajstić information content (AvgIpc) is 2.78. The van der Waals surface area contributed by atoms with E-state index in [1.165, 1.54) is 31.2 Å². The van der Waals surface area contributed by atoms with E-state index in [2.05, 4.69) is 5.32 Å². The molecule has 0 aliphatic heterocycles. The van der Waals surface area contributed by atoms with Crippen LogP contribution in [0.5, 0.6) is 11.5 Å². The highest BCUT2D eigenvalue weighted by atomic mass is 32.2. The molecule has 4 nitrogen and oxygen atoms in total. The summed E-state index contributed by atoms with van der Waals surface area (Å²) in [7, 11) is 0. The normalized spacial score (nSPS) is 11.3. The molecule has 1 amide bonds. The van der Waals surface area contributed by atoms with Crippen LogP contribution in [0.4, 0.5) is 17.6 Å². The van der Waals surface area contributed by atoms with Crippen LogP contribution in [0.25, 0.3) is 6.08 Å². The van der Waals surface area contributed by atoms with Gasteiger partial charge in [-0.15, -0.1) is 0 Å². The fourth-order valence-electron chi connectivity index (χ4n) is 3.03. The average molecular weight is 486 g/mol. The Labute approximate surface area is 197 Å². The lowest BCUT2D eigenvalue weighted by Crippen LogP contribution is -2.20. The molecule has 0 aliphatic rings. The first-order valence-corrected chi connectivity index (χ1v) is 10.7. The second-order valence-electron chi connectivity index (χ2n) is 7.07. The maximum Gasteiger partial charge on any atom is 0.446 e. The molecule has 0 fully saturated rings. The third kappa shape index (κ3) is 7.12. The number of hydrogen-bond donors (Lipinski definition) is 1. The van der Waals surface area contributed by atoms with Crippen molar-refractivity contribution in [2.45, 2.75) is 23.9 Å². The van der Waals surface area contributed by atoms with Crippen LogP contribution >= 0.6 is 11.8 Å². The largest absolute Gasteiger partial charge is 0.457 e. The Hall–Kier alpha value is -3.77. The molecule has 3 aromatic carbocycles. The lowest BCUT2D eigenvalue weighted by atomic mass is 10.1. The minimum Gasteiger partial charge on any atom is -0.457 e. The van der Waals surface area contributed by atoms with E-state index in [4.69, 9.17) is 10.00 Å². The lowest BCUT2D eigenvalue weighted by Gasteiger charge is -2.15. The highest BCUT2D eigenvalue weighted by Crippen LogP contribution is 2.42. The first-order valence-electron chi connectivity index (χ1n) is 9.92. The Morgan fingerprint density at radius 2 is 1.88 bits per heavy atom. The van der Waals surface area contributed by atoms with E-state index in [-0.39, 0.29) is 45.8 Å². The summed E-state index contributed by atoms with van der Waals surface area (Å²) < 4.78 is 58.7. The smallest absolute Gasteiger partial charge is 0.446 e. The van der Waals surface area contributed by atoms with E-state index in [0.717, 1.165) is 23.8 Å². The number of benzene rings is 3. The monoisotopic (exact) mass is 486 g/mol. The SMILES string of the molecule is Cc1c(Oc2cc(F)cc(C#N)c2)ccc(SC(F)(F)F)c1/C=C/C(=O)NCc1ccccc1. The maximum atomic E-state index is 13.7. The van der Waals surface area contributed by atoms with Gasteiger partial charge in [0, 0.05) is 29.1 Å². The van der Waals surface area contributed by atoms with Crippen LogP contribution in [0.2, 0.25) is 0 Å². The molecule has 0 saturated carbocycles. The van der Waals surface area contributed by atoms with E-state index in [0.29, 0.717) is 5.56 Å². The summed E-state index contributed by atoms with van der Waals surface area (Å²) in [6.07, 6.45) is 2.42. The van der Waals surface area contributed by atoms with Crippen LogP contribution in [0.3, 0.4) is 0 Å². The molecule has 0 spiro atoms. The van der Waals surface area contributed by atoms with Gasteiger partial charge in [-0.25, -0.2) is 4.39 Å². The van der Waals surface area contributed by atoms with Crippen molar-refractivity contribution in [2.24, 2.45) is 0 Å². The summed E-state index contributed by atoms with van der Waals surface area (Å²) in [4.78, 5) is 12.1. The molecule has 0 saturated heterocycles. The summed E-state index contributed by atoms with van der Waals surface area (Å²) in [5, 5.41) is 11.7. The standard InChI is InChI=1S/C25H18F4N2O2S/c1-16-21(7-10-24(32)31-15-17-5-3-2-4-6-17)23(34-25(27,28)29)9-8-22(16)33-20-12-18(14-30)11-19(26)13-20/h2-13H,15H2,1H3,(H,31,32)/b10-7+. The maximum absolute atomic E-state index is 13.7. The van der Waals surface area contributed by atoms with Crippen LogP contribution in [0.15, 0.2) is 71.6 Å². The molecule has 1 N–H and O–H groups in total. The molecule has 0 aliphatic carbocycles. The third-order valence-corrected chi connectivity index (χ3v) is 5.40. The van der Waals surface area contributed by atoms with Crippen molar-refractivity contribution in [2.75, 3.05) is 0 Å². The van der Waals surface area contributed by atoms with Crippen molar-refractivity contribution in [3.8, 4) is 17.6 Å².